The molecule has 20 heavy (non-hydrogen) atoms. The van der Waals surface area contributed by atoms with E-state index in [4.69, 9.17) is 23.2 Å². The standard InChI is InChI=1S/C14H16ClFN4/c15-9-5-6-10(11(16)7-9)12-13(17)20(18)14(19-12)8-3-1-2-4-8/h5-8H,1-4,17-18H2. The van der Waals surface area contributed by atoms with Gasteiger partial charge in [0.2, 0.25) is 0 Å². The molecule has 4 N–H and O–H groups in total. The largest absolute Gasteiger partial charge is 0.382 e. The fourth-order valence-corrected chi connectivity index (χ4v) is 2.97. The Morgan fingerprint density at radius 1 is 1.30 bits per heavy atom. The molecule has 0 spiro atoms. The minimum absolute atomic E-state index is 0.285. The van der Waals surface area contributed by atoms with Gasteiger partial charge in [0.05, 0.1) is 0 Å². The first-order chi connectivity index (χ1) is 9.58. The van der Waals surface area contributed by atoms with Crippen molar-refractivity contribution in [3.63, 3.8) is 0 Å². The van der Waals surface area contributed by atoms with Crippen molar-refractivity contribution in [3.05, 3.63) is 34.9 Å². The summed E-state index contributed by atoms with van der Waals surface area (Å²) in [7, 11) is 0. The highest BCUT2D eigenvalue weighted by Crippen LogP contribution is 2.37. The van der Waals surface area contributed by atoms with Crippen LogP contribution in [-0.4, -0.2) is 9.66 Å². The average molecular weight is 295 g/mol. The van der Waals surface area contributed by atoms with Crippen LogP contribution in [0.2, 0.25) is 5.02 Å². The molecular weight excluding hydrogens is 279 g/mol. The fraction of sp³-hybridized carbons (Fsp3) is 0.357. The minimum Gasteiger partial charge on any atom is -0.382 e. The zero-order valence-corrected chi connectivity index (χ0v) is 11.7. The number of benzene rings is 1. The third kappa shape index (κ3) is 2.12. The van der Waals surface area contributed by atoms with Gasteiger partial charge in [-0.15, -0.1) is 0 Å². The van der Waals surface area contributed by atoms with Gasteiger partial charge in [0.1, 0.15) is 17.3 Å². The highest BCUT2D eigenvalue weighted by atomic mass is 35.5. The van der Waals surface area contributed by atoms with Gasteiger partial charge in [-0.3, -0.25) is 0 Å². The highest BCUT2D eigenvalue weighted by molar-refractivity contribution is 6.30. The number of nitrogens with two attached hydrogens (primary N) is 2. The quantitative estimate of drug-likeness (QED) is 0.835. The molecule has 3 rings (SSSR count). The number of halogens is 2. The number of rotatable bonds is 2. The van der Waals surface area contributed by atoms with E-state index in [-0.39, 0.29) is 5.82 Å². The van der Waals surface area contributed by atoms with Gasteiger partial charge in [-0.1, -0.05) is 24.4 Å². The maximum atomic E-state index is 14.0. The zero-order chi connectivity index (χ0) is 14.3. The summed E-state index contributed by atoms with van der Waals surface area (Å²) in [5.74, 6) is 6.87. The van der Waals surface area contributed by atoms with Crippen molar-refractivity contribution in [2.24, 2.45) is 0 Å². The summed E-state index contributed by atoms with van der Waals surface area (Å²) in [5, 5.41) is 0.341. The fourth-order valence-electron chi connectivity index (χ4n) is 2.81. The topological polar surface area (TPSA) is 69.9 Å². The Balaban J connectivity index is 2.07. The smallest absolute Gasteiger partial charge is 0.150 e. The summed E-state index contributed by atoms with van der Waals surface area (Å²) in [6.45, 7) is 0. The second-order valence-electron chi connectivity index (χ2n) is 5.18. The lowest BCUT2D eigenvalue weighted by atomic mass is 10.1. The molecule has 0 radical (unpaired) electrons. The summed E-state index contributed by atoms with van der Waals surface area (Å²) in [6, 6.07) is 4.44. The summed E-state index contributed by atoms with van der Waals surface area (Å²) in [6.07, 6.45) is 4.44. The number of nitrogen functional groups attached to an aromatic ring is 2. The minimum atomic E-state index is -0.444. The monoisotopic (exact) mass is 294 g/mol. The Hall–Kier alpha value is -1.75. The molecular formula is C14H16ClFN4. The van der Waals surface area contributed by atoms with Crippen molar-refractivity contribution in [1.82, 2.24) is 9.66 Å². The highest BCUT2D eigenvalue weighted by Gasteiger charge is 2.25. The molecule has 1 aromatic heterocycles. The van der Waals surface area contributed by atoms with Crippen molar-refractivity contribution in [2.45, 2.75) is 31.6 Å². The molecule has 1 heterocycles. The summed E-state index contributed by atoms with van der Waals surface area (Å²) in [5.41, 5.74) is 6.71. The van der Waals surface area contributed by atoms with E-state index in [2.05, 4.69) is 4.98 Å². The first kappa shape index (κ1) is 13.2. The first-order valence-electron chi connectivity index (χ1n) is 6.66. The third-order valence-corrected chi connectivity index (χ3v) is 4.12. The predicted molar refractivity (Wildman–Crippen MR) is 78.4 cm³/mol. The Labute approximate surface area is 121 Å². The molecule has 106 valence electrons. The summed E-state index contributed by atoms with van der Waals surface area (Å²) in [4.78, 5) is 4.48. The molecule has 1 aliphatic rings. The van der Waals surface area contributed by atoms with Gasteiger partial charge in [-0.2, -0.15) is 0 Å². The van der Waals surface area contributed by atoms with Crippen LogP contribution >= 0.6 is 11.6 Å². The van der Waals surface area contributed by atoms with Crippen LogP contribution in [0.5, 0.6) is 0 Å². The molecule has 0 atom stereocenters. The number of aromatic nitrogens is 2. The van der Waals surface area contributed by atoms with Gasteiger partial charge in [-0.05, 0) is 31.0 Å². The molecule has 4 nitrogen and oxygen atoms in total. The Bertz CT molecular complexity index is 647. The van der Waals surface area contributed by atoms with Crippen LogP contribution in [-0.2, 0) is 0 Å². The van der Waals surface area contributed by atoms with Crippen LogP contribution in [0.1, 0.15) is 37.4 Å². The van der Waals surface area contributed by atoms with Crippen LogP contribution in [0.3, 0.4) is 0 Å². The van der Waals surface area contributed by atoms with Gasteiger partial charge in [0.15, 0.2) is 5.82 Å². The van der Waals surface area contributed by atoms with Crippen molar-refractivity contribution in [3.8, 4) is 11.3 Å². The van der Waals surface area contributed by atoms with Crippen LogP contribution in [0, 0.1) is 5.82 Å². The number of nitrogens with zero attached hydrogens (tertiary/aromatic N) is 2. The molecule has 0 bridgehead atoms. The van der Waals surface area contributed by atoms with Gasteiger partial charge < -0.3 is 11.6 Å². The van der Waals surface area contributed by atoms with Crippen LogP contribution in [0.15, 0.2) is 18.2 Å². The van der Waals surface area contributed by atoms with E-state index in [9.17, 15) is 4.39 Å². The molecule has 0 aliphatic heterocycles. The lowest BCUT2D eigenvalue weighted by Gasteiger charge is -2.08. The molecule has 0 saturated heterocycles. The second-order valence-corrected chi connectivity index (χ2v) is 5.62. The lowest BCUT2D eigenvalue weighted by molar-refractivity contribution is 0.630. The van der Waals surface area contributed by atoms with E-state index >= 15 is 0 Å². The zero-order valence-electron chi connectivity index (χ0n) is 10.9. The molecule has 2 aromatic rings. The molecule has 0 unspecified atom stereocenters. The second kappa shape index (κ2) is 4.98. The predicted octanol–water partition coefficient (Wildman–Crippen LogP) is 3.30. The SMILES string of the molecule is Nc1c(-c2ccc(Cl)cc2F)nc(C2CCCC2)n1N. The number of hydrogen-bond donors (Lipinski definition) is 2. The van der Waals surface area contributed by atoms with E-state index in [1.807, 2.05) is 0 Å². The lowest BCUT2D eigenvalue weighted by Crippen LogP contribution is -2.17. The molecule has 1 aromatic carbocycles. The van der Waals surface area contributed by atoms with Crippen molar-refractivity contribution in [1.29, 1.82) is 0 Å². The summed E-state index contributed by atoms with van der Waals surface area (Å²) < 4.78 is 15.4. The average Bonchev–Trinajstić information content (AvgIpc) is 3.01. The van der Waals surface area contributed by atoms with E-state index in [1.165, 1.54) is 23.6 Å². The van der Waals surface area contributed by atoms with E-state index in [0.717, 1.165) is 18.7 Å². The summed E-state index contributed by atoms with van der Waals surface area (Å²) >= 11 is 5.76. The number of hydrogen-bond acceptors (Lipinski definition) is 3. The van der Waals surface area contributed by atoms with Crippen molar-refractivity contribution >= 4 is 17.4 Å². The normalized spacial score (nSPS) is 15.9. The first-order valence-corrected chi connectivity index (χ1v) is 7.04. The Morgan fingerprint density at radius 2 is 2.00 bits per heavy atom. The molecule has 6 heteroatoms. The van der Waals surface area contributed by atoms with E-state index in [0.29, 0.717) is 22.2 Å². The molecule has 0 amide bonds. The van der Waals surface area contributed by atoms with Crippen LogP contribution in [0.4, 0.5) is 10.2 Å². The van der Waals surface area contributed by atoms with Crippen LogP contribution < -0.4 is 11.6 Å². The molecule has 1 saturated carbocycles. The van der Waals surface area contributed by atoms with Gasteiger partial charge in [-0.25, -0.2) is 14.1 Å². The Kier molecular flexibility index (Phi) is 3.30. The maximum Gasteiger partial charge on any atom is 0.150 e. The van der Waals surface area contributed by atoms with Gasteiger partial charge in [0.25, 0.3) is 0 Å². The molecule has 1 fully saturated rings. The maximum absolute atomic E-state index is 14.0. The van der Waals surface area contributed by atoms with Gasteiger partial charge in [0, 0.05) is 16.5 Å². The van der Waals surface area contributed by atoms with E-state index < -0.39 is 5.82 Å². The van der Waals surface area contributed by atoms with Crippen molar-refractivity contribution in [2.75, 3.05) is 11.6 Å². The van der Waals surface area contributed by atoms with Crippen LogP contribution in [0.25, 0.3) is 11.3 Å². The number of anilines is 1. The van der Waals surface area contributed by atoms with Gasteiger partial charge >= 0.3 is 0 Å². The molecule has 1 aliphatic carbocycles. The van der Waals surface area contributed by atoms with Crippen molar-refractivity contribution < 1.29 is 4.39 Å². The Morgan fingerprint density at radius 3 is 2.65 bits per heavy atom. The van der Waals surface area contributed by atoms with E-state index in [1.54, 1.807) is 12.1 Å². The third-order valence-electron chi connectivity index (χ3n) is 3.88. The number of imidazole rings is 1.